The van der Waals surface area contributed by atoms with Crippen LogP contribution in [0.3, 0.4) is 0 Å². The first-order valence-electron chi connectivity index (χ1n) is 10.9. The van der Waals surface area contributed by atoms with Gasteiger partial charge in [0.25, 0.3) is 0 Å². The Labute approximate surface area is 212 Å². The van der Waals surface area contributed by atoms with Gasteiger partial charge >= 0.3 is 0 Å². The van der Waals surface area contributed by atoms with E-state index in [9.17, 15) is 18.0 Å². The second-order valence-corrected chi connectivity index (χ2v) is 11.0. The predicted molar refractivity (Wildman–Crippen MR) is 138 cm³/mol. The summed E-state index contributed by atoms with van der Waals surface area (Å²) < 4.78 is 26.7. The first-order valence-corrected chi connectivity index (χ1v) is 13.5. The molecule has 10 heteroatoms. The zero-order valence-electron chi connectivity index (χ0n) is 20.0. The predicted octanol–water partition coefficient (Wildman–Crippen LogP) is 4.44. The number of carbonyl (C=O) groups excluding carboxylic acids is 2. The molecule has 0 radical (unpaired) electrons. The highest BCUT2D eigenvalue weighted by molar-refractivity contribution is 7.92. The van der Waals surface area contributed by atoms with Gasteiger partial charge < -0.3 is 10.2 Å². The average molecular weight is 529 g/mol. The molecule has 2 amide bonds. The van der Waals surface area contributed by atoms with Gasteiger partial charge in [0.2, 0.25) is 21.8 Å². The Balaban J connectivity index is 2.55. The molecule has 1 N–H and O–H groups in total. The lowest BCUT2D eigenvalue weighted by Gasteiger charge is -2.33. The van der Waals surface area contributed by atoms with Crippen LogP contribution >= 0.6 is 23.2 Å². The van der Waals surface area contributed by atoms with E-state index in [1.807, 2.05) is 26.0 Å². The third-order valence-corrected chi connectivity index (χ3v) is 7.36. The van der Waals surface area contributed by atoms with Gasteiger partial charge in [-0.05, 0) is 36.1 Å². The SMILES string of the molecule is CC[C@H](C(=O)NC)N(Cc1c(Cl)cccc1Cl)C(=O)CN(c1ccccc1C(C)C)S(C)(=O)=O. The molecule has 34 heavy (non-hydrogen) atoms. The molecule has 7 nitrogen and oxygen atoms in total. The van der Waals surface area contributed by atoms with E-state index >= 15 is 0 Å². The highest BCUT2D eigenvalue weighted by Crippen LogP contribution is 2.30. The number of para-hydroxylation sites is 1. The van der Waals surface area contributed by atoms with Crippen molar-refractivity contribution in [1.82, 2.24) is 10.2 Å². The number of likely N-dealkylation sites (N-methyl/N-ethyl adjacent to an activating group) is 1. The Bertz CT molecular complexity index is 1120. The minimum absolute atomic E-state index is 0.0304. The van der Waals surface area contributed by atoms with Gasteiger partial charge in [-0.2, -0.15) is 0 Å². The molecule has 2 rings (SSSR count). The second kappa shape index (κ2) is 11.9. The average Bonchev–Trinajstić information content (AvgIpc) is 2.77. The van der Waals surface area contributed by atoms with E-state index in [1.54, 1.807) is 37.3 Å². The van der Waals surface area contributed by atoms with Gasteiger partial charge in [0.15, 0.2) is 0 Å². The molecule has 186 valence electrons. The molecule has 2 aromatic rings. The van der Waals surface area contributed by atoms with E-state index in [4.69, 9.17) is 23.2 Å². The molecule has 0 aliphatic rings. The van der Waals surface area contributed by atoms with Gasteiger partial charge in [0.1, 0.15) is 12.6 Å². The van der Waals surface area contributed by atoms with Gasteiger partial charge in [-0.25, -0.2) is 8.42 Å². The maximum absolute atomic E-state index is 13.7. The van der Waals surface area contributed by atoms with E-state index < -0.39 is 28.5 Å². The van der Waals surface area contributed by atoms with Crippen LogP contribution in [0.15, 0.2) is 42.5 Å². The molecule has 1 atom stereocenters. The molecule has 0 aromatic heterocycles. The molecule has 0 heterocycles. The number of hydrogen-bond acceptors (Lipinski definition) is 4. The number of benzene rings is 2. The Morgan fingerprint density at radius 3 is 2.12 bits per heavy atom. The molecule has 0 saturated heterocycles. The van der Waals surface area contributed by atoms with Crippen molar-refractivity contribution in [2.45, 2.75) is 45.7 Å². The summed E-state index contributed by atoms with van der Waals surface area (Å²) in [6.07, 6.45) is 1.37. The fourth-order valence-corrected chi connectivity index (χ4v) is 5.12. The maximum atomic E-state index is 13.7. The molecule has 0 saturated carbocycles. The first kappa shape index (κ1) is 28.0. The standard InChI is InChI=1S/C24H31Cl2N3O4S/c1-6-21(24(31)27-4)28(14-18-19(25)11-9-12-20(18)26)23(30)15-29(34(5,32)33)22-13-8-7-10-17(22)16(2)3/h7-13,16,21H,6,14-15H2,1-5H3,(H,27,31)/t21-/m1/s1. The molecule has 0 unspecified atom stereocenters. The third kappa shape index (κ3) is 6.64. The van der Waals surface area contributed by atoms with Crippen LogP contribution in [0.2, 0.25) is 10.0 Å². The number of sulfonamides is 1. The molecule has 0 fully saturated rings. The van der Waals surface area contributed by atoms with Crippen molar-refractivity contribution in [3.8, 4) is 0 Å². The summed E-state index contributed by atoms with van der Waals surface area (Å²) in [4.78, 5) is 27.6. The van der Waals surface area contributed by atoms with Gasteiger partial charge in [-0.3, -0.25) is 13.9 Å². The zero-order chi connectivity index (χ0) is 25.6. The van der Waals surface area contributed by atoms with Crippen LogP contribution in [0.25, 0.3) is 0 Å². The summed E-state index contributed by atoms with van der Waals surface area (Å²) in [5, 5.41) is 3.27. The Morgan fingerprint density at radius 1 is 1.03 bits per heavy atom. The van der Waals surface area contributed by atoms with Crippen molar-refractivity contribution >= 4 is 50.7 Å². The van der Waals surface area contributed by atoms with Crippen LogP contribution in [0.1, 0.15) is 44.2 Å². The zero-order valence-corrected chi connectivity index (χ0v) is 22.3. The Kier molecular flexibility index (Phi) is 9.79. The summed E-state index contributed by atoms with van der Waals surface area (Å²) in [5.41, 5.74) is 1.70. The number of amides is 2. The second-order valence-electron chi connectivity index (χ2n) is 8.24. The van der Waals surface area contributed by atoms with Gasteiger partial charge in [-0.15, -0.1) is 0 Å². The molecule has 0 bridgehead atoms. The summed E-state index contributed by atoms with van der Waals surface area (Å²) in [7, 11) is -2.33. The lowest BCUT2D eigenvalue weighted by atomic mass is 10.0. The van der Waals surface area contributed by atoms with Crippen molar-refractivity contribution in [2.24, 2.45) is 0 Å². The van der Waals surface area contributed by atoms with Crippen LogP contribution in [-0.2, 0) is 26.2 Å². The minimum Gasteiger partial charge on any atom is -0.357 e. The summed E-state index contributed by atoms with van der Waals surface area (Å²) in [5.74, 6) is -0.884. The fraction of sp³-hybridized carbons (Fsp3) is 0.417. The molecule has 0 aliphatic heterocycles. The van der Waals surface area contributed by atoms with E-state index in [-0.39, 0.29) is 18.4 Å². The van der Waals surface area contributed by atoms with Crippen molar-refractivity contribution < 1.29 is 18.0 Å². The molecule has 0 spiro atoms. The summed E-state index contributed by atoms with van der Waals surface area (Å²) in [6.45, 7) is 5.15. The van der Waals surface area contributed by atoms with E-state index in [0.29, 0.717) is 27.7 Å². The van der Waals surface area contributed by atoms with Crippen molar-refractivity contribution in [3.63, 3.8) is 0 Å². The third-order valence-electron chi connectivity index (χ3n) is 5.53. The van der Waals surface area contributed by atoms with Crippen molar-refractivity contribution in [1.29, 1.82) is 0 Å². The number of hydrogen-bond donors (Lipinski definition) is 1. The van der Waals surface area contributed by atoms with Gasteiger partial charge in [0.05, 0.1) is 11.9 Å². The summed E-state index contributed by atoms with van der Waals surface area (Å²) in [6, 6.07) is 11.2. The minimum atomic E-state index is -3.82. The van der Waals surface area contributed by atoms with Crippen molar-refractivity contribution in [2.75, 3.05) is 24.2 Å². The highest BCUT2D eigenvalue weighted by Gasteiger charge is 2.32. The largest absolute Gasteiger partial charge is 0.357 e. The van der Waals surface area contributed by atoms with Crippen LogP contribution in [0.5, 0.6) is 0 Å². The number of anilines is 1. The van der Waals surface area contributed by atoms with E-state index in [1.165, 1.54) is 11.9 Å². The fourth-order valence-electron chi connectivity index (χ4n) is 3.74. The normalized spacial score (nSPS) is 12.4. The lowest BCUT2D eigenvalue weighted by molar-refractivity contribution is -0.140. The van der Waals surface area contributed by atoms with E-state index in [2.05, 4.69) is 5.32 Å². The van der Waals surface area contributed by atoms with Gasteiger partial charge in [0, 0.05) is 29.2 Å². The van der Waals surface area contributed by atoms with Crippen LogP contribution in [0.4, 0.5) is 5.69 Å². The summed E-state index contributed by atoms with van der Waals surface area (Å²) >= 11 is 12.7. The number of nitrogens with one attached hydrogen (secondary N) is 1. The van der Waals surface area contributed by atoms with Crippen LogP contribution < -0.4 is 9.62 Å². The smallest absolute Gasteiger partial charge is 0.244 e. The molecule has 2 aromatic carbocycles. The van der Waals surface area contributed by atoms with Crippen LogP contribution in [0, 0.1) is 0 Å². The number of nitrogens with zero attached hydrogens (tertiary/aromatic N) is 2. The topological polar surface area (TPSA) is 86.8 Å². The molecular weight excluding hydrogens is 497 g/mol. The molecular formula is C24H31Cl2N3O4S. The molecule has 0 aliphatic carbocycles. The highest BCUT2D eigenvalue weighted by atomic mass is 35.5. The Hall–Kier alpha value is -2.29. The van der Waals surface area contributed by atoms with Crippen LogP contribution in [-0.4, -0.2) is 51.0 Å². The first-order chi connectivity index (χ1) is 15.9. The monoisotopic (exact) mass is 527 g/mol. The Morgan fingerprint density at radius 2 is 1.62 bits per heavy atom. The van der Waals surface area contributed by atoms with E-state index in [0.717, 1.165) is 16.1 Å². The number of carbonyl (C=O) groups is 2. The van der Waals surface area contributed by atoms with Gasteiger partial charge in [-0.1, -0.05) is 68.2 Å². The maximum Gasteiger partial charge on any atom is 0.244 e. The quantitative estimate of drug-likeness (QED) is 0.494. The number of rotatable bonds is 10. The van der Waals surface area contributed by atoms with Crippen molar-refractivity contribution in [3.05, 3.63) is 63.6 Å². The lowest BCUT2D eigenvalue weighted by Crippen LogP contribution is -2.51. The number of halogens is 2.